The van der Waals surface area contributed by atoms with E-state index in [1.165, 1.54) is 0 Å². The smallest absolute Gasteiger partial charge is 0.239 e. The number of rotatable bonds is 5. The summed E-state index contributed by atoms with van der Waals surface area (Å²) in [6, 6.07) is 6.09. The molecule has 1 heterocycles. The van der Waals surface area contributed by atoms with E-state index in [2.05, 4.69) is 11.4 Å². The van der Waals surface area contributed by atoms with E-state index < -0.39 is 5.92 Å². The zero-order valence-corrected chi connectivity index (χ0v) is 15.1. The van der Waals surface area contributed by atoms with E-state index in [4.69, 9.17) is 0 Å². The first-order valence-corrected chi connectivity index (χ1v) is 7.73. The number of aryl methyl sites for hydroxylation is 2. The Bertz CT molecular complexity index is 557. The number of halogens is 1. The maximum Gasteiger partial charge on any atom is 0.239 e. The van der Waals surface area contributed by atoms with Gasteiger partial charge in [-0.1, -0.05) is 6.07 Å². The molecule has 5 nitrogen and oxygen atoms in total. The van der Waals surface area contributed by atoms with E-state index in [1.807, 2.05) is 33.0 Å². The van der Waals surface area contributed by atoms with Crippen molar-refractivity contribution in [1.82, 2.24) is 10.2 Å². The lowest BCUT2D eigenvalue weighted by Crippen LogP contribution is -2.40. The third kappa shape index (κ3) is 4.45. The second kappa shape index (κ2) is 8.31. The van der Waals surface area contributed by atoms with E-state index in [1.54, 1.807) is 16.8 Å². The van der Waals surface area contributed by atoms with Crippen LogP contribution in [0.5, 0.6) is 0 Å². The predicted octanol–water partition coefficient (Wildman–Crippen LogP) is 1.76. The Morgan fingerprint density at radius 2 is 1.91 bits per heavy atom. The van der Waals surface area contributed by atoms with E-state index in [9.17, 15) is 9.59 Å². The predicted molar refractivity (Wildman–Crippen MR) is 95.2 cm³/mol. The molecule has 128 valence electrons. The number of nitrogens with one attached hydrogen (secondary N) is 1. The molecule has 1 unspecified atom stereocenters. The summed E-state index contributed by atoms with van der Waals surface area (Å²) in [6.07, 6.45) is 0.592. The fourth-order valence-corrected chi connectivity index (χ4v) is 2.93. The average molecular weight is 340 g/mol. The van der Waals surface area contributed by atoms with Gasteiger partial charge in [0.05, 0.1) is 0 Å². The molecule has 1 atom stereocenters. The van der Waals surface area contributed by atoms with E-state index in [-0.39, 0.29) is 24.2 Å². The van der Waals surface area contributed by atoms with E-state index >= 15 is 0 Å². The van der Waals surface area contributed by atoms with Crippen LogP contribution in [0, 0.1) is 19.8 Å². The van der Waals surface area contributed by atoms with Crippen LogP contribution >= 0.6 is 12.4 Å². The van der Waals surface area contributed by atoms with Crippen LogP contribution in [0.25, 0.3) is 0 Å². The Labute approximate surface area is 144 Å². The molecule has 1 aliphatic rings. The first-order valence-electron chi connectivity index (χ1n) is 7.73. The molecular weight excluding hydrogens is 314 g/mol. The van der Waals surface area contributed by atoms with Gasteiger partial charge in [0.25, 0.3) is 0 Å². The lowest BCUT2D eigenvalue weighted by Gasteiger charge is -2.21. The van der Waals surface area contributed by atoms with Crippen LogP contribution in [0.2, 0.25) is 0 Å². The molecule has 0 aromatic heterocycles. The van der Waals surface area contributed by atoms with Crippen molar-refractivity contribution < 1.29 is 9.59 Å². The molecule has 0 aliphatic carbocycles. The van der Waals surface area contributed by atoms with Crippen molar-refractivity contribution in [3.8, 4) is 0 Å². The second-order valence-corrected chi connectivity index (χ2v) is 6.04. The standard InChI is InChI=1S/C17H25N3O2.ClH/c1-12-9-13(2)11-14(10-12)20-7-5-15(17(20)22)16(21)19(4)8-6-18-3;/h9-11,15,18H,5-8H2,1-4H3;1H. The Morgan fingerprint density at radius 1 is 1.30 bits per heavy atom. The highest BCUT2D eigenvalue weighted by Gasteiger charge is 2.38. The summed E-state index contributed by atoms with van der Waals surface area (Å²) in [5.74, 6) is -0.693. The van der Waals surface area contributed by atoms with Gasteiger partial charge < -0.3 is 15.1 Å². The van der Waals surface area contributed by atoms with Crippen LogP contribution in [0.4, 0.5) is 5.69 Å². The molecule has 1 fully saturated rings. The molecule has 1 N–H and O–H groups in total. The quantitative estimate of drug-likeness (QED) is 0.832. The zero-order chi connectivity index (χ0) is 16.3. The fourth-order valence-electron chi connectivity index (χ4n) is 2.93. The highest BCUT2D eigenvalue weighted by atomic mass is 35.5. The Hall–Kier alpha value is -1.59. The molecule has 1 aromatic carbocycles. The van der Waals surface area contributed by atoms with Gasteiger partial charge in [-0.2, -0.15) is 0 Å². The Kier molecular flexibility index (Phi) is 7.03. The minimum Gasteiger partial charge on any atom is -0.344 e. The molecular formula is C17H26ClN3O2. The van der Waals surface area contributed by atoms with Crippen molar-refractivity contribution >= 4 is 29.9 Å². The number of anilines is 1. The molecule has 2 amide bonds. The van der Waals surface area contributed by atoms with Gasteiger partial charge in [-0.15, -0.1) is 12.4 Å². The van der Waals surface area contributed by atoms with Gasteiger partial charge in [0.2, 0.25) is 11.8 Å². The van der Waals surface area contributed by atoms with E-state index in [0.29, 0.717) is 19.5 Å². The molecule has 1 aromatic rings. The van der Waals surface area contributed by atoms with Crippen LogP contribution < -0.4 is 10.2 Å². The van der Waals surface area contributed by atoms with Gasteiger partial charge in [0.15, 0.2) is 0 Å². The van der Waals surface area contributed by atoms with Crippen molar-refractivity contribution in [2.45, 2.75) is 20.3 Å². The van der Waals surface area contributed by atoms with Gasteiger partial charge in [0.1, 0.15) is 5.92 Å². The minimum atomic E-state index is -0.539. The first kappa shape index (κ1) is 19.5. The van der Waals surface area contributed by atoms with Crippen molar-refractivity contribution in [3.63, 3.8) is 0 Å². The SMILES string of the molecule is CNCCN(C)C(=O)C1CCN(c2cc(C)cc(C)c2)C1=O.Cl. The number of carbonyl (C=O) groups excluding carboxylic acids is 2. The van der Waals surface area contributed by atoms with Gasteiger partial charge in [0, 0.05) is 32.4 Å². The topological polar surface area (TPSA) is 52.7 Å². The molecule has 1 saturated heterocycles. The number of amides is 2. The molecule has 6 heteroatoms. The van der Waals surface area contributed by atoms with Crippen LogP contribution in [0.1, 0.15) is 17.5 Å². The molecule has 0 saturated carbocycles. The summed E-state index contributed by atoms with van der Waals surface area (Å²) in [5, 5.41) is 3.01. The second-order valence-electron chi connectivity index (χ2n) is 6.04. The number of likely N-dealkylation sites (N-methyl/N-ethyl adjacent to an activating group) is 2. The monoisotopic (exact) mass is 339 g/mol. The van der Waals surface area contributed by atoms with Crippen LogP contribution in [-0.4, -0.2) is 50.4 Å². The number of benzene rings is 1. The van der Waals surface area contributed by atoms with Gasteiger partial charge >= 0.3 is 0 Å². The Morgan fingerprint density at radius 3 is 2.48 bits per heavy atom. The van der Waals surface area contributed by atoms with Crippen LogP contribution in [0.3, 0.4) is 0 Å². The van der Waals surface area contributed by atoms with Gasteiger partial charge in [-0.05, 0) is 50.6 Å². The third-order valence-corrected chi connectivity index (χ3v) is 4.10. The minimum absolute atomic E-state index is 0. The highest BCUT2D eigenvalue weighted by Crippen LogP contribution is 2.27. The van der Waals surface area contributed by atoms with Gasteiger partial charge in [-0.25, -0.2) is 0 Å². The number of nitrogens with zero attached hydrogens (tertiary/aromatic N) is 2. The average Bonchev–Trinajstić information content (AvgIpc) is 2.84. The summed E-state index contributed by atoms with van der Waals surface area (Å²) in [7, 11) is 3.60. The van der Waals surface area contributed by atoms with Crippen LogP contribution in [-0.2, 0) is 9.59 Å². The number of carbonyl (C=O) groups is 2. The van der Waals surface area contributed by atoms with Crippen molar-refractivity contribution in [1.29, 1.82) is 0 Å². The molecule has 0 bridgehead atoms. The summed E-state index contributed by atoms with van der Waals surface area (Å²) in [5.41, 5.74) is 3.16. The lowest BCUT2D eigenvalue weighted by atomic mass is 10.1. The normalized spacial score (nSPS) is 17.1. The van der Waals surface area contributed by atoms with Crippen molar-refractivity contribution in [3.05, 3.63) is 29.3 Å². The van der Waals surface area contributed by atoms with Crippen molar-refractivity contribution in [2.75, 3.05) is 38.6 Å². The van der Waals surface area contributed by atoms with Crippen molar-refractivity contribution in [2.24, 2.45) is 5.92 Å². The summed E-state index contributed by atoms with van der Waals surface area (Å²) in [6.45, 7) is 5.99. The summed E-state index contributed by atoms with van der Waals surface area (Å²) < 4.78 is 0. The largest absolute Gasteiger partial charge is 0.344 e. The third-order valence-electron chi connectivity index (χ3n) is 4.10. The van der Waals surface area contributed by atoms with E-state index in [0.717, 1.165) is 23.4 Å². The summed E-state index contributed by atoms with van der Waals surface area (Å²) >= 11 is 0. The molecule has 2 rings (SSSR count). The fraction of sp³-hybridized carbons (Fsp3) is 0.529. The maximum absolute atomic E-state index is 12.6. The van der Waals surface area contributed by atoms with Crippen LogP contribution in [0.15, 0.2) is 18.2 Å². The molecule has 0 radical (unpaired) electrons. The molecule has 1 aliphatic heterocycles. The highest BCUT2D eigenvalue weighted by molar-refractivity contribution is 6.09. The lowest BCUT2D eigenvalue weighted by molar-refractivity contribution is -0.138. The number of hydrogen-bond acceptors (Lipinski definition) is 3. The first-order chi connectivity index (χ1) is 10.4. The maximum atomic E-state index is 12.6. The number of hydrogen-bond donors (Lipinski definition) is 1. The van der Waals surface area contributed by atoms with Gasteiger partial charge in [-0.3, -0.25) is 9.59 Å². The molecule has 0 spiro atoms. The zero-order valence-electron chi connectivity index (χ0n) is 14.3. The Balaban J connectivity index is 0.00000264. The molecule has 23 heavy (non-hydrogen) atoms. The summed E-state index contributed by atoms with van der Waals surface area (Å²) in [4.78, 5) is 28.4.